The molecule has 1 unspecified atom stereocenters. The molecule has 21 heteroatoms. The molecule has 240 valence electrons. The van der Waals surface area contributed by atoms with Gasteiger partial charge < -0.3 is 30.6 Å². The van der Waals surface area contributed by atoms with Crippen LogP contribution in [0.25, 0.3) is 10.8 Å². The molecule has 1 saturated heterocycles. The van der Waals surface area contributed by atoms with E-state index in [0.29, 0.717) is 24.9 Å². The molecule has 3 aromatic carbocycles. The van der Waals surface area contributed by atoms with Gasteiger partial charge in [-0.15, -0.1) is 14.6 Å². The van der Waals surface area contributed by atoms with Crippen molar-refractivity contribution in [3.8, 4) is 11.8 Å². The SMILES string of the molecule is O=C(O)c1ccccc1/N=N/c1c(SOOO)cc2cc(S(=O)(=O)O)cc(Nc3nc(O)nc(N4CCCC4C(=O)O)n3)c2c1O. The van der Waals surface area contributed by atoms with Crippen LogP contribution in [0.1, 0.15) is 23.2 Å². The maximum absolute atomic E-state index is 12.2. The summed E-state index contributed by atoms with van der Waals surface area (Å²) in [6.45, 7) is 0.251. The van der Waals surface area contributed by atoms with Crippen molar-refractivity contribution in [2.24, 2.45) is 10.2 Å². The van der Waals surface area contributed by atoms with E-state index in [0.717, 1.165) is 12.1 Å². The number of benzene rings is 3. The second-order valence-electron chi connectivity index (χ2n) is 9.44. The lowest BCUT2D eigenvalue weighted by molar-refractivity contribution is -0.432. The summed E-state index contributed by atoms with van der Waals surface area (Å²) in [5.74, 6) is -3.74. The summed E-state index contributed by atoms with van der Waals surface area (Å²) in [4.78, 5) is 35.6. The minimum absolute atomic E-state index is 0.0620. The third kappa shape index (κ3) is 6.73. The maximum Gasteiger partial charge on any atom is 0.337 e. The first kappa shape index (κ1) is 32.2. The van der Waals surface area contributed by atoms with Gasteiger partial charge in [0.25, 0.3) is 10.1 Å². The minimum atomic E-state index is -4.87. The second kappa shape index (κ2) is 13.0. The standard InChI is InChI=1S/C25H21N7O12S2/c33-20-18-11(9-17(45-44-43-39)19(20)31-30-14-5-2-1-4-13(14)21(34)35)8-12(46(40,41)42)10-15(18)26-23-27-24(29-25(38)28-23)32-7-3-6-16(32)22(36)37/h1-2,4-5,8-10,16,33,39H,3,6-7H2,(H,34,35)(H,36,37)(H,40,41,42)(H2,26,27,28,29,38)/b31-30+. The first-order chi connectivity index (χ1) is 21.9. The Hall–Kier alpha value is -5.19. The van der Waals surface area contributed by atoms with Crippen molar-refractivity contribution in [2.45, 2.75) is 28.7 Å². The van der Waals surface area contributed by atoms with E-state index >= 15 is 0 Å². The fourth-order valence-electron chi connectivity index (χ4n) is 4.69. The Balaban J connectivity index is 1.69. The summed E-state index contributed by atoms with van der Waals surface area (Å²) in [6.07, 6.45) is 0.792. The van der Waals surface area contributed by atoms with E-state index in [4.69, 9.17) is 5.26 Å². The highest BCUT2D eigenvalue weighted by molar-refractivity contribution is 7.94. The highest BCUT2D eigenvalue weighted by atomic mass is 32.2. The van der Waals surface area contributed by atoms with Gasteiger partial charge in [0.2, 0.25) is 11.9 Å². The van der Waals surface area contributed by atoms with Gasteiger partial charge in [-0.05, 0) is 48.6 Å². The lowest BCUT2D eigenvalue weighted by Gasteiger charge is -2.21. The van der Waals surface area contributed by atoms with Gasteiger partial charge in [-0.2, -0.15) is 23.4 Å². The van der Waals surface area contributed by atoms with Gasteiger partial charge in [-0.3, -0.25) is 4.55 Å². The zero-order valence-corrected chi connectivity index (χ0v) is 24.5. The van der Waals surface area contributed by atoms with E-state index in [1.807, 2.05) is 0 Å². The summed E-state index contributed by atoms with van der Waals surface area (Å²) in [7, 11) is -4.87. The number of carbonyl (C=O) groups is 2. The minimum Gasteiger partial charge on any atom is -0.505 e. The Morgan fingerprint density at radius 1 is 1.07 bits per heavy atom. The van der Waals surface area contributed by atoms with Gasteiger partial charge in [0, 0.05) is 11.9 Å². The highest BCUT2D eigenvalue weighted by Crippen LogP contribution is 2.47. The molecule has 1 fully saturated rings. The molecule has 1 aromatic heterocycles. The van der Waals surface area contributed by atoms with Crippen LogP contribution in [-0.4, -0.2) is 78.1 Å². The monoisotopic (exact) mass is 675 g/mol. The average molecular weight is 676 g/mol. The summed E-state index contributed by atoms with van der Waals surface area (Å²) in [6, 6.07) is 6.89. The van der Waals surface area contributed by atoms with Crippen molar-refractivity contribution in [2.75, 3.05) is 16.8 Å². The molecule has 7 N–H and O–H groups in total. The molecule has 1 aliphatic heterocycles. The van der Waals surface area contributed by atoms with Crippen LogP contribution in [0.4, 0.5) is 29.0 Å². The van der Waals surface area contributed by atoms with E-state index < -0.39 is 50.7 Å². The molecule has 46 heavy (non-hydrogen) atoms. The Labute approximate surface area is 261 Å². The summed E-state index contributed by atoms with van der Waals surface area (Å²) < 4.78 is 38.7. The molecule has 5 rings (SSSR count). The van der Waals surface area contributed by atoms with Gasteiger partial charge in [0.1, 0.15) is 17.4 Å². The van der Waals surface area contributed by atoms with Gasteiger partial charge in [0.15, 0.2) is 5.75 Å². The number of anilines is 3. The normalized spacial score (nSPS) is 15.1. The number of hydrogen-bond acceptors (Lipinski definition) is 17. The van der Waals surface area contributed by atoms with Crippen LogP contribution in [0.2, 0.25) is 0 Å². The van der Waals surface area contributed by atoms with Gasteiger partial charge in [-0.25, -0.2) is 14.8 Å². The smallest absolute Gasteiger partial charge is 0.337 e. The van der Waals surface area contributed by atoms with Gasteiger partial charge in [0.05, 0.1) is 33.1 Å². The van der Waals surface area contributed by atoms with Crippen LogP contribution < -0.4 is 10.2 Å². The van der Waals surface area contributed by atoms with E-state index in [-0.39, 0.29) is 50.8 Å². The van der Waals surface area contributed by atoms with Crippen molar-refractivity contribution in [3.05, 3.63) is 48.0 Å². The molecular weight excluding hydrogens is 654 g/mol. The number of fused-ring (bicyclic) bond motifs is 1. The van der Waals surface area contributed by atoms with Crippen molar-refractivity contribution in [1.82, 2.24) is 15.0 Å². The molecule has 0 spiro atoms. The maximum atomic E-state index is 12.2. The lowest BCUT2D eigenvalue weighted by Crippen LogP contribution is -2.37. The molecule has 1 atom stereocenters. The third-order valence-corrected chi connectivity index (χ3v) is 8.07. The van der Waals surface area contributed by atoms with Crippen molar-refractivity contribution >= 4 is 73.8 Å². The summed E-state index contributed by atoms with van der Waals surface area (Å²) in [5.41, 5.74) is -0.935. The predicted molar refractivity (Wildman–Crippen MR) is 156 cm³/mol. The first-order valence-electron chi connectivity index (χ1n) is 12.8. The number of phenolic OH excluding ortho intramolecular Hbond substituents is 1. The molecule has 0 radical (unpaired) electrons. The number of carboxylic acid groups (broad SMARTS) is 2. The Morgan fingerprint density at radius 2 is 1.83 bits per heavy atom. The van der Waals surface area contributed by atoms with E-state index in [9.17, 15) is 43.0 Å². The number of hydrogen-bond donors (Lipinski definition) is 7. The van der Waals surface area contributed by atoms with Gasteiger partial charge in [-0.1, -0.05) is 17.2 Å². The number of carboxylic acids is 2. The zero-order chi connectivity index (χ0) is 33.2. The fraction of sp³-hybridized carbons (Fsp3) is 0.160. The van der Waals surface area contributed by atoms with Crippen LogP contribution in [-0.2, 0) is 24.3 Å². The molecule has 1 aliphatic rings. The highest BCUT2D eigenvalue weighted by Gasteiger charge is 2.33. The number of phenols is 1. The summed E-state index contributed by atoms with van der Waals surface area (Å²) >= 11 is 0.311. The zero-order valence-electron chi connectivity index (χ0n) is 22.9. The number of rotatable bonds is 11. The topological polar surface area (TPSA) is 287 Å². The van der Waals surface area contributed by atoms with E-state index in [1.54, 1.807) is 0 Å². The van der Waals surface area contributed by atoms with Crippen molar-refractivity contribution < 1.29 is 57.6 Å². The quantitative estimate of drug-likeness (QED) is 0.0388. The van der Waals surface area contributed by atoms with Crippen molar-refractivity contribution in [3.63, 3.8) is 0 Å². The molecule has 0 aliphatic carbocycles. The Kier molecular flexibility index (Phi) is 9.13. The Morgan fingerprint density at radius 3 is 2.52 bits per heavy atom. The lowest BCUT2D eigenvalue weighted by atomic mass is 10.1. The number of aromatic carboxylic acids is 1. The Bertz CT molecular complexity index is 1990. The van der Waals surface area contributed by atoms with Crippen molar-refractivity contribution in [1.29, 1.82) is 0 Å². The van der Waals surface area contributed by atoms with E-state index in [1.165, 1.54) is 35.2 Å². The third-order valence-electron chi connectivity index (χ3n) is 6.62. The number of aromatic hydroxyl groups is 2. The second-order valence-corrected chi connectivity index (χ2v) is 11.6. The molecule has 0 saturated carbocycles. The summed E-state index contributed by atoms with van der Waals surface area (Å²) in [5, 5.41) is 63.4. The molecule has 0 bridgehead atoms. The number of nitrogens with one attached hydrogen (secondary N) is 1. The first-order valence-corrected chi connectivity index (χ1v) is 15.0. The fourth-order valence-corrected chi connectivity index (χ4v) is 5.72. The molecule has 4 aromatic rings. The number of aromatic nitrogens is 3. The largest absolute Gasteiger partial charge is 0.505 e. The van der Waals surface area contributed by atoms with E-state index in [2.05, 4.69) is 39.9 Å². The molecular formula is C25H21N7O12S2. The molecule has 0 amide bonds. The van der Waals surface area contributed by atoms with Gasteiger partial charge >= 0.3 is 17.9 Å². The average Bonchev–Trinajstić information content (AvgIpc) is 3.49. The number of aliphatic carboxylic acids is 1. The van der Waals surface area contributed by atoms with Crippen LogP contribution in [0.3, 0.4) is 0 Å². The number of azo groups is 1. The van der Waals surface area contributed by atoms with Crippen LogP contribution in [0.15, 0.2) is 62.5 Å². The van der Waals surface area contributed by atoms with Crippen LogP contribution in [0.5, 0.6) is 11.8 Å². The molecule has 19 nitrogen and oxygen atoms in total. The number of nitrogens with zero attached hydrogens (tertiary/aromatic N) is 6. The van der Waals surface area contributed by atoms with Crippen LogP contribution in [0, 0.1) is 0 Å². The molecule has 2 heterocycles. The predicted octanol–water partition coefficient (Wildman–Crippen LogP) is 4.02. The van der Waals surface area contributed by atoms with Crippen LogP contribution >= 0.6 is 12.0 Å².